The Balaban J connectivity index is 2.29. The molecule has 6 heteroatoms. The Kier molecular flexibility index (Phi) is 4.42. The normalized spacial score (nSPS) is 12.0. The van der Waals surface area contributed by atoms with Crippen molar-refractivity contribution >= 4 is 17.4 Å². The molecule has 0 atom stereocenters. The van der Waals surface area contributed by atoms with E-state index in [1.165, 1.54) is 0 Å². The molecule has 0 fully saturated rings. The Labute approximate surface area is 93.5 Å². The maximum Gasteiger partial charge on any atom is 0.139 e. The van der Waals surface area contributed by atoms with Gasteiger partial charge < -0.3 is 10.9 Å². The molecular weight excluding hydrogens is 216 g/mol. The molecule has 0 aromatic carbocycles. The van der Waals surface area contributed by atoms with Gasteiger partial charge in [-0.1, -0.05) is 16.8 Å². The van der Waals surface area contributed by atoms with E-state index in [1.807, 2.05) is 11.6 Å². The summed E-state index contributed by atoms with van der Waals surface area (Å²) in [5.41, 5.74) is 6.32. The first-order valence-electron chi connectivity index (χ1n) is 4.79. The highest BCUT2D eigenvalue weighted by atomic mass is 35.5. The summed E-state index contributed by atoms with van der Waals surface area (Å²) in [4.78, 5) is 0. The van der Waals surface area contributed by atoms with Gasteiger partial charge in [0.05, 0.1) is 16.9 Å². The van der Waals surface area contributed by atoms with Gasteiger partial charge in [0.2, 0.25) is 0 Å². The van der Waals surface area contributed by atoms with Gasteiger partial charge in [-0.25, -0.2) is 0 Å². The van der Waals surface area contributed by atoms with Gasteiger partial charge in [-0.2, -0.15) is 5.10 Å². The van der Waals surface area contributed by atoms with Crippen molar-refractivity contribution in [1.29, 1.82) is 0 Å². The smallest absolute Gasteiger partial charge is 0.139 e. The fraction of sp³-hybridized carbons (Fsp3) is 0.556. The summed E-state index contributed by atoms with van der Waals surface area (Å²) in [5, 5.41) is 16.0. The van der Waals surface area contributed by atoms with Crippen LogP contribution in [0.2, 0.25) is 5.02 Å². The van der Waals surface area contributed by atoms with Crippen LogP contribution in [0.4, 0.5) is 0 Å². The highest BCUT2D eigenvalue weighted by Gasteiger charge is 2.03. The van der Waals surface area contributed by atoms with E-state index in [9.17, 15) is 0 Å². The molecule has 0 aliphatic rings. The first kappa shape index (κ1) is 11.8. The number of nitrogens with two attached hydrogens (primary N) is 1. The second-order valence-corrected chi connectivity index (χ2v) is 3.76. The van der Waals surface area contributed by atoms with Crippen molar-refractivity contribution in [2.45, 2.75) is 32.7 Å². The molecule has 0 aliphatic carbocycles. The number of aryl methyl sites for hydroxylation is 1. The Morgan fingerprint density at radius 2 is 2.40 bits per heavy atom. The average molecular weight is 231 g/mol. The molecule has 0 saturated heterocycles. The summed E-state index contributed by atoms with van der Waals surface area (Å²) < 4.78 is 1.86. The van der Waals surface area contributed by atoms with E-state index in [-0.39, 0.29) is 5.84 Å². The van der Waals surface area contributed by atoms with Crippen LogP contribution in [0.15, 0.2) is 11.4 Å². The minimum atomic E-state index is 0.269. The van der Waals surface area contributed by atoms with E-state index in [1.54, 1.807) is 6.20 Å². The van der Waals surface area contributed by atoms with E-state index in [0.29, 0.717) is 11.4 Å². The molecule has 1 aromatic heterocycles. The number of amidine groups is 1. The highest BCUT2D eigenvalue weighted by molar-refractivity contribution is 6.31. The van der Waals surface area contributed by atoms with E-state index in [2.05, 4.69) is 10.3 Å². The Morgan fingerprint density at radius 1 is 1.67 bits per heavy atom. The maximum atomic E-state index is 8.33. The van der Waals surface area contributed by atoms with Gasteiger partial charge in [0.15, 0.2) is 0 Å². The molecule has 1 aromatic rings. The molecule has 3 N–H and O–H groups in total. The number of hydrogen-bond acceptors (Lipinski definition) is 3. The molecule has 0 unspecified atom stereocenters. The Hall–Kier alpha value is -1.23. The minimum Gasteiger partial charge on any atom is -0.409 e. The first-order chi connectivity index (χ1) is 7.15. The number of hydrogen-bond donors (Lipinski definition) is 2. The van der Waals surface area contributed by atoms with E-state index in [0.717, 1.165) is 25.1 Å². The molecule has 84 valence electrons. The van der Waals surface area contributed by atoms with Gasteiger partial charge >= 0.3 is 0 Å². The minimum absolute atomic E-state index is 0.269. The third kappa shape index (κ3) is 3.43. The Bertz CT molecular complexity index is 348. The molecule has 0 bridgehead atoms. The molecule has 0 spiro atoms. The summed E-state index contributed by atoms with van der Waals surface area (Å²) in [6.07, 6.45) is 4.03. The molecule has 0 amide bonds. The molecule has 0 saturated carbocycles. The van der Waals surface area contributed by atoms with Crippen LogP contribution >= 0.6 is 11.6 Å². The number of nitrogens with zero attached hydrogens (tertiary/aromatic N) is 3. The second-order valence-electron chi connectivity index (χ2n) is 3.35. The summed E-state index contributed by atoms with van der Waals surface area (Å²) in [6.45, 7) is 2.73. The zero-order valence-electron chi connectivity index (χ0n) is 8.65. The number of rotatable bonds is 5. The van der Waals surface area contributed by atoms with Crippen LogP contribution in [0.3, 0.4) is 0 Å². The molecule has 1 rings (SSSR count). The molecule has 15 heavy (non-hydrogen) atoms. The van der Waals surface area contributed by atoms with Crippen LogP contribution in [-0.4, -0.2) is 20.8 Å². The fourth-order valence-electron chi connectivity index (χ4n) is 1.27. The van der Waals surface area contributed by atoms with Gasteiger partial charge in [0, 0.05) is 13.0 Å². The fourth-order valence-corrected chi connectivity index (χ4v) is 1.41. The number of oxime groups is 1. The van der Waals surface area contributed by atoms with Gasteiger partial charge in [0.1, 0.15) is 5.84 Å². The lowest BCUT2D eigenvalue weighted by atomic mass is 10.2. The lowest BCUT2D eigenvalue weighted by Gasteiger charge is -2.03. The SMILES string of the molecule is Cc1c(Cl)cnn1CCCCC(N)=NO. The molecule has 0 aliphatic heterocycles. The summed E-state index contributed by atoms with van der Waals surface area (Å²) in [7, 11) is 0. The van der Waals surface area contributed by atoms with E-state index >= 15 is 0 Å². The number of halogens is 1. The highest BCUT2D eigenvalue weighted by Crippen LogP contribution is 2.13. The average Bonchev–Trinajstić information content (AvgIpc) is 2.55. The topological polar surface area (TPSA) is 76.4 Å². The summed E-state index contributed by atoms with van der Waals surface area (Å²) in [5.74, 6) is 0.269. The van der Waals surface area contributed by atoms with Crippen LogP contribution in [0.5, 0.6) is 0 Å². The van der Waals surface area contributed by atoms with Gasteiger partial charge in [-0.05, 0) is 19.8 Å². The standard InChI is InChI=1S/C9H15ClN4O/c1-7-8(10)6-12-14(7)5-3-2-4-9(11)13-15/h6,15H,2-5H2,1H3,(H2,11,13). The third-order valence-corrected chi connectivity index (χ3v) is 2.60. The summed E-state index contributed by atoms with van der Waals surface area (Å²) in [6, 6.07) is 0. The zero-order valence-corrected chi connectivity index (χ0v) is 9.41. The maximum absolute atomic E-state index is 8.33. The van der Waals surface area contributed by atoms with E-state index in [4.69, 9.17) is 22.5 Å². The molecule has 0 radical (unpaired) electrons. The van der Waals surface area contributed by atoms with Gasteiger partial charge in [-0.3, -0.25) is 4.68 Å². The largest absolute Gasteiger partial charge is 0.409 e. The first-order valence-corrected chi connectivity index (χ1v) is 5.17. The third-order valence-electron chi connectivity index (χ3n) is 2.22. The number of aromatic nitrogens is 2. The summed E-state index contributed by atoms with van der Waals surface area (Å²) >= 11 is 5.86. The van der Waals surface area contributed by atoms with Crippen LogP contribution in [0.1, 0.15) is 25.0 Å². The predicted molar refractivity (Wildman–Crippen MR) is 59.2 cm³/mol. The lowest BCUT2D eigenvalue weighted by Crippen LogP contribution is -2.11. The quantitative estimate of drug-likeness (QED) is 0.266. The van der Waals surface area contributed by atoms with Crippen molar-refractivity contribution in [3.05, 3.63) is 16.9 Å². The molecular formula is C9H15ClN4O. The second kappa shape index (κ2) is 5.60. The van der Waals surface area contributed by atoms with Crippen molar-refractivity contribution in [2.75, 3.05) is 0 Å². The number of unbranched alkanes of at least 4 members (excludes halogenated alkanes) is 1. The van der Waals surface area contributed by atoms with Crippen molar-refractivity contribution in [3.8, 4) is 0 Å². The Morgan fingerprint density at radius 3 is 2.93 bits per heavy atom. The van der Waals surface area contributed by atoms with Crippen molar-refractivity contribution in [1.82, 2.24) is 9.78 Å². The van der Waals surface area contributed by atoms with Crippen LogP contribution in [-0.2, 0) is 6.54 Å². The van der Waals surface area contributed by atoms with Crippen molar-refractivity contribution in [3.63, 3.8) is 0 Å². The monoisotopic (exact) mass is 230 g/mol. The van der Waals surface area contributed by atoms with E-state index < -0.39 is 0 Å². The van der Waals surface area contributed by atoms with Crippen LogP contribution in [0.25, 0.3) is 0 Å². The lowest BCUT2D eigenvalue weighted by molar-refractivity contribution is 0.316. The van der Waals surface area contributed by atoms with Gasteiger partial charge in [-0.15, -0.1) is 0 Å². The van der Waals surface area contributed by atoms with Gasteiger partial charge in [0.25, 0.3) is 0 Å². The van der Waals surface area contributed by atoms with Crippen molar-refractivity contribution < 1.29 is 5.21 Å². The van der Waals surface area contributed by atoms with Crippen LogP contribution in [0, 0.1) is 6.92 Å². The predicted octanol–water partition coefficient (Wildman–Crippen LogP) is 1.76. The van der Waals surface area contributed by atoms with Crippen LogP contribution < -0.4 is 5.73 Å². The van der Waals surface area contributed by atoms with Crippen molar-refractivity contribution in [2.24, 2.45) is 10.9 Å². The zero-order chi connectivity index (χ0) is 11.3. The molecule has 1 heterocycles. The molecule has 5 nitrogen and oxygen atoms in total.